The van der Waals surface area contributed by atoms with Gasteiger partial charge in [-0.15, -0.1) is 0 Å². The number of aromatic nitrogens is 1. The van der Waals surface area contributed by atoms with Crippen molar-refractivity contribution in [3.05, 3.63) is 53.5 Å². The Labute approximate surface area is 186 Å². The predicted octanol–water partition coefficient (Wildman–Crippen LogP) is 4.82. The van der Waals surface area contributed by atoms with Gasteiger partial charge in [-0.3, -0.25) is 0 Å². The van der Waals surface area contributed by atoms with Crippen LogP contribution in [0, 0.1) is 5.82 Å². The molecular formula is C24H28FN3O4. The number of halogens is 1. The fraction of sp³-hybridized carbons (Fsp3) is 0.417. The quantitative estimate of drug-likeness (QED) is 0.234. The van der Waals surface area contributed by atoms with E-state index in [-0.39, 0.29) is 5.82 Å². The lowest BCUT2D eigenvalue weighted by molar-refractivity contribution is 0.189. The van der Waals surface area contributed by atoms with Gasteiger partial charge in [-0.1, -0.05) is 10.3 Å². The number of nitrogens with zero attached hydrogens (tertiary/aromatic N) is 3. The van der Waals surface area contributed by atoms with E-state index in [2.05, 4.69) is 15.2 Å². The number of piperidine rings is 1. The molecule has 1 aromatic heterocycles. The summed E-state index contributed by atoms with van der Waals surface area (Å²) < 4.78 is 30.0. The minimum atomic E-state index is -0.306. The van der Waals surface area contributed by atoms with Gasteiger partial charge in [0.05, 0.1) is 25.1 Å². The topological polar surface area (TPSA) is 80.3 Å². The van der Waals surface area contributed by atoms with Crippen LogP contribution in [0.4, 0.5) is 4.39 Å². The van der Waals surface area contributed by atoms with E-state index in [4.69, 9.17) is 19.2 Å². The van der Waals surface area contributed by atoms with Gasteiger partial charge in [0.1, 0.15) is 5.82 Å². The number of methoxy groups -OCH3 is 1. The average Bonchev–Trinajstić information content (AvgIpc) is 3.24. The molecular weight excluding hydrogens is 413 g/mol. The van der Waals surface area contributed by atoms with Crippen molar-refractivity contribution in [2.75, 3.05) is 33.4 Å². The molecule has 1 N–H and O–H groups in total. The minimum Gasteiger partial charge on any atom is -0.493 e. The molecule has 1 saturated heterocycles. The summed E-state index contributed by atoms with van der Waals surface area (Å²) in [6.07, 6.45) is 2.90. The minimum absolute atomic E-state index is 0.306. The summed E-state index contributed by atoms with van der Waals surface area (Å²) in [5, 5.41) is 17.3. The molecule has 170 valence electrons. The second-order valence-corrected chi connectivity index (χ2v) is 8.08. The van der Waals surface area contributed by atoms with Gasteiger partial charge < -0.3 is 24.1 Å². The second kappa shape index (κ2) is 9.99. The Kier molecular flexibility index (Phi) is 6.90. The molecule has 0 saturated carbocycles. The first-order chi connectivity index (χ1) is 15.6. The standard InChI is InChI=1S/C24H28FN3O4/c1-16(26-29)18-4-7-21(23(14-18)30-2)31-13-3-10-28-11-8-17(9-12-28)24-20-6-5-19(25)15-22(20)32-27-24/h4-7,14-15,17,29H,3,8-13H2,1-2H3/b26-16-. The highest BCUT2D eigenvalue weighted by Crippen LogP contribution is 2.33. The molecule has 2 aromatic carbocycles. The summed E-state index contributed by atoms with van der Waals surface area (Å²) in [6.45, 7) is 5.23. The highest BCUT2D eigenvalue weighted by atomic mass is 19.1. The van der Waals surface area contributed by atoms with Crippen molar-refractivity contribution in [3.63, 3.8) is 0 Å². The lowest BCUT2D eigenvalue weighted by Gasteiger charge is -2.31. The van der Waals surface area contributed by atoms with Gasteiger partial charge in [0.15, 0.2) is 17.1 Å². The zero-order valence-electron chi connectivity index (χ0n) is 18.4. The number of likely N-dealkylation sites (tertiary alicyclic amines) is 1. The van der Waals surface area contributed by atoms with E-state index < -0.39 is 0 Å². The molecule has 0 bridgehead atoms. The smallest absolute Gasteiger partial charge is 0.170 e. The van der Waals surface area contributed by atoms with Crippen LogP contribution in [0.3, 0.4) is 0 Å². The number of benzene rings is 2. The molecule has 0 aliphatic carbocycles. The lowest BCUT2D eigenvalue weighted by Crippen LogP contribution is -2.34. The molecule has 7 nitrogen and oxygen atoms in total. The van der Waals surface area contributed by atoms with Gasteiger partial charge in [-0.2, -0.15) is 0 Å². The Morgan fingerprint density at radius 1 is 1.22 bits per heavy atom. The highest BCUT2D eigenvalue weighted by molar-refractivity contribution is 5.98. The Bertz CT molecular complexity index is 1090. The maximum absolute atomic E-state index is 13.4. The second-order valence-electron chi connectivity index (χ2n) is 8.08. The molecule has 4 rings (SSSR count). The summed E-state index contributed by atoms with van der Waals surface area (Å²) in [5.41, 5.74) is 2.76. The molecule has 0 atom stereocenters. The molecule has 3 aromatic rings. The van der Waals surface area contributed by atoms with Crippen LogP contribution in [0.5, 0.6) is 11.5 Å². The van der Waals surface area contributed by atoms with Crippen molar-refractivity contribution < 1.29 is 23.6 Å². The monoisotopic (exact) mass is 441 g/mol. The number of hydrogen-bond acceptors (Lipinski definition) is 7. The van der Waals surface area contributed by atoms with Crippen molar-refractivity contribution in [2.24, 2.45) is 5.16 Å². The van der Waals surface area contributed by atoms with Crippen LogP contribution in [0.1, 0.15) is 43.4 Å². The molecule has 0 radical (unpaired) electrons. The van der Waals surface area contributed by atoms with Crippen molar-refractivity contribution in [1.82, 2.24) is 10.1 Å². The highest BCUT2D eigenvalue weighted by Gasteiger charge is 2.25. The molecule has 0 unspecified atom stereocenters. The molecule has 0 amide bonds. The Morgan fingerprint density at radius 2 is 2.03 bits per heavy atom. The first-order valence-electron chi connectivity index (χ1n) is 10.9. The van der Waals surface area contributed by atoms with E-state index in [1.54, 1.807) is 26.2 Å². The van der Waals surface area contributed by atoms with E-state index in [0.717, 1.165) is 55.5 Å². The van der Waals surface area contributed by atoms with Crippen LogP contribution in [0.15, 0.2) is 46.1 Å². The molecule has 1 aliphatic heterocycles. The third-order valence-electron chi connectivity index (χ3n) is 6.04. The summed E-state index contributed by atoms with van der Waals surface area (Å²) in [7, 11) is 1.59. The van der Waals surface area contributed by atoms with E-state index >= 15 is 0 Å². The van der Waals surface area contributed by atoms with Crippen LogP contribution in [-0.4, -0.2) is 54.3 Å². The van der Waals surface area contributed by atoms with Gasteiger partial charge in [0.25, 0.3) is 0 Å². The van der Waals surface area contributed by atoms with Gasteiger partial charge in [-0.05, 0) is 69.6 Å². The Hall–Kier alpha value is -3.13. The SMILES string of the molecule is COc1cc(/C(C)=N\O)ccc1OCCCN1CCC(c2noc3cc(F)ccc23)CC1. The molecule has 1 aliphatic rings. The Balaban J connectivity index is 1.24. The maximum Gasteiger partial charge on any atom is 0.170 e. The average molecular weight is 442 g/mol. The summed E-state index contributed by atoms with van der Waals surface area (Å²) in [6, 6.07) is 10.1. The summed E-state index contributed by atoms with van der Waals surface area (Å²) in [4.78, 5) is 2.43. The predicted molar refractivity (Wildman–Crippen MR) is 119 cm³/mol. The first-order valence-corrected chi connectivity index (χ1v) is 10.9. The third kappa shape index (κ3) is 4.85. The van der Waals surface area contributed by atoms with Crippen LogP contribution in [-0.2, 0) is 0 Å². The van der Waals surface area contributed by atoms with Crippen LogP contribution in [0.25, 0.3) is 11.0 Å². The van der Waals surface area contributed by atoms with E-state index in [1.807, 2.05) is 12.1 Å². The fourth-order valence-corrected chi connectivity index (χ4v) is 4.20. The van der Waals surface area contributed by atoms with E-state index in [0.29, 0.717) is 35.3 Å². The van der Waals surface area contributed by atoms with Gasteiger partial charge in [0, 0.05) is 29.5 Å². The molecule has 2 heterocycles. The van der Waals surface area contributed by atoms with Crippen LogP contribution in [0.2, 0.25) is 0 Å². The molecule has 0 spiro atoms. The molecule has 1 fully saturated rings. The summed E-state index contributed by atoms with van der Waals surface area (Å²) >= 11 is 0. The van der Waals surface area contributed by atoms with Gasteiger partial charge in [0.2, 0.25) is 0 Å². The number of ether oxygens (including phenoxy) is 2. The largest absolute Gasteiger partial charge is 0.493 e. The number of hydrogen-bond donors (Lipinski definition) is 1. The lowest BCUT2D eigenvalue weighted by atomic mass is 9.91. The van der Waals surface area contributed by atoms with Gasteiger partial charge in [-0.25, -0.2) is 4.39 Å². The third-order valence-corrected chi connectivity index (χ3v) is 6.04. The van der Waals surface area contributed by atoms with Crippen molar-refractivity contribution in [2.45, 2.75) is 32.1 Å². The summed E-state index contributed by atoms with van der Waals surface area (Å²) in [5.74, 6) is 1.32. The van der Waals surface area contributed by atoms with Crippen LogP contribution < -0.4 is 9.47 Å². The van der Waals surface area contributed by atoms with Crippen molar-refractivity contribution >= 4 is 16.7 Å². The van der Waals surface area contributed by atoms with Crippen LogP contribution >= 0.6 is 0 Å². The normalized spacial score (nSPS) is 15.9. The number of fused-ring (bicyclic) bond motifs is 1. The van der Waals surface area contributed by atoms with Crippen molar-refractivity contribution in [3.8, 4) is 11.5 Å². The molecule has 32 heavy (non-hydrogen) atoms. The Morgan fingerprint density at radius 3 is 2.78 bits per heavy atom. The fourth-order valence-electron chi connectivity index (χ4n) is 4.20. The number of oxime groups is 1. The zero-order chi connectivity index (χ0) is 22.5. The first kappa shape index (κ1) is 22.1. The number of rotatable bonds is 8. The zero-order valence-corrected chi connectivity index (χ0v) is 18.4. The van der Waals surface area contributed by atoms with E-state index in [9.17, 15) is 4.39 Å². The van der Waals surface area contributed by atoms with E-state index in [1.165, 1.54) is 12.1 Å². The van der Waals surface area contributed by atoms with Crippen molar-refractivity contribution in [1.29, 1.82) is 0 Å². The molecule has 8 heteroatoms. The van der Waals surface area contributed by atoms with Gasteiger partial charge >= 0.3 is 0 Å². The maximum atomic E-state index is 13.4.